The van der Waals surface area contributed by atoms with Crippen molar-refractivity contribution in [3.8, 4) is 17.2 Å². The Balaban J connectivity index is 1.97. The van der Waals surface area contributed by atoms with E-state index in [0.717, 1.165) is 5.56 Å². The monoisotopic (exact) mass is 480 g/mol. The molecule has 0 fully saturated rings. The molecule has 9 heteroatoms. The molecular weight excluding hydrogens is 456 g/mol. The van der Waals surface area contributed by atoms with E-state index in [1.165, 1.54) is 23.0 Å². The molecule has 1 aliphatic heterocycles. The van der Waals surface area contributed by atoms with Gasteiger partial charge in [-0.2, -0.15) is 0 Å². The van der Waals surface area contributed by atoms with Gasteiger partial charge in [-0.25, -0.2) is 9.79 Å². The molecule has 0 bridgehead atoms. The van der Waals surface area contributed by atoms with Gasteiger partial charge in [0.2, 0.25) is 0 Å². The van der Waals surface area contributed by atoms with Gasteiger partial charge in [-0.05, 0) is 36.8 Å². The third kappa shape index (κ3) is 3.99. The number of hydrogen-bond acceptors (Lipinski definition) is 8. The van der Waals surface area contributed by atoms with E-state index < -0.39 is 12.0 Å². The Morgan fingerprint density at radius 1 is 1.03 bits per heavy atom. The van der Waals surface area contributed by atoms with Gasteiger partial charge in [0.15, 0.2) is 16.3 Å². The minimum Gasteiger partial charge on any atom is -0.497 e. The number of rotatable bonds is 6. The number of aromatic nitrogens is 1. The maximum Gasteiger partial charge on any atom is 0.338 e. The summed E-state index contributed by atoms with van der Waals surface area (Å²) in [6.45, 7) is 1.74. The number of nitrogens with zero attached hydrogens (tertiary/aromatic N) is 2. The van der Waals surface area contributed by atoms with Crippen molar-refractivity contribution < 1.29 is 23.7 Å². The average molecular weight is 481 g/mol. The zero-order chi connectivity index (χ0) is 24.4. The van der Waals surface area contributed by atoms with Crippen LogP contribution in [0.3, 0.4) is 0 Å². The summed E-state index contributed by atoms with van der Waals surface area (Å²) in [5, 5.41) is 0. The quantitative estimate of drug-likeness (QED) is 0.504. The number of hydrogen-bond donors (Lipinski definition) is 0. The van der Waals surface area contributed by atoms with Crippen LogP contribution in [0.5, 0.6) is 17.2 Å². The summed E-state index contributed by atoms with van der Waals surface area (Å²) in [6.07, 6.45) is 1.74. The van der Waals surface area contributed by atoms with Gasteiger partial charge in [-0.15, -0.1) is 0 Å². The van der Waals surface area contributed by atoms with Crippen molar-refractivity contribution in [2.75, 3.05) is 28.4 Å². The second kappa shape index (κ2) is 9.56. The molecule has 176 valence electrons. The molecule has 0 N–H and O–H groups in total. The Morgan fingerprint density at radius 2 is 1.76 bits per heavy atom. The molecule has 0 spiro atoms. The van der Waals surface area contributed by atoms with Gasteiger partial charge in [0.05, 0.1) is 50.3 Å². The number of carbonyl (C=O) groups excluding carboxylic acids is 1. The molecule has 4 rings (SSSR count). The van der Waals surface area contributed by atoms with Crippen LogP contribution in [0.4, 0.5) is 0 Å². The minimum atomic E-state index is -0.691. The summed E-state index contributed by atoms with van der Waals surface area (Å²) < 4.78 is 23.2. The van der Waals surface area contributed by atoms with Crippen LogP contribution in [0.25, 0.3) is 6.08 Å². The predicted molar refractivity (Wildman–Crippen MR) is 128 cm³/mol. The lowest BCUT2D eigenvalue weighted by Gasteiger charge is -2.24. The van der Waals surface area contributed by atoms with Gasteiger partial charge in [0.1, 0.15) is 5.75 Å². The van der Waals surface area contributed by atoms with E-state index in [2.05, 4.69) is 4.99 Å². The second-order valence-corrected chi connectivity index (χ2v) is 8.44. The molecule has 1 aliphatic rings. The fourth-order valence-corrected chi connectivity index (χ4v) is 5.00. The Kier molecular flexibility index (Phi) is 6.56. The summed E-state index contributed by atoms with van der Waals surface area (Å²) in [7, 11) is 6.00. The lowest BCUT2D eigenvalue weighted by molar-refractivity contribution is -0.136. The van der Waals surface area contributed by atoms with E-state index >= 15 is 0 Å². The molecule has 2 heterocycles. The summed E-state index contributed by atoms with van der Waals surface area (Å²) in [4.78, 5) is 31.4. The fourth-order valence-electron chi connectivity index (χ4n) is 3.96. The summed E-state index contributed by atoms with van der Waals surface area (Å²) >= 11 is 1.24. The number of allylic oxidation sites excluding steroid dienone is 1. The molecule has 1 aromatic heterocycles. The number of ether oxygens (including phenoxy) is 4. The number of methoxy groups -OCH3 is 4. The maximum absolute atomic E-state index is 13.7. The van der Waals surface area contributed by atoms with E-state index in [4.69, 9.17) is 18.9 Å². The lowest BCUT2D eigenvalue weighted by Crippen LogP contribution is -2.39. The predicted octanol–water partition coefficient (Wildman–Crippen LogP) is 2.43. The standard InChI is InChI=1S/C25H24N2O6S/c1-14-20(24(29)33-5)21(15-9-11-17(30-2)12-10-15)27-23(28)19(34-25(27)26-14)13-16-7-6-8-18(31-3)22(16)32-4/h6-13,21H,1-5H3/b19-13+/t21-/m0/s1. The third-order valence-corrected chi connectivity index (χ3v) is 6.56. The fraction of sp³-hybridized carbons (Fsp3) is 0.240. The van der Waals surface area contributed by atoms with Crippen molar-refractivity contribution >= 4 is 23.4 Å². The van der Waals surface area contributed by atoms with E-state index in [1.807, 2.05) is 24.3 Å². The van der Waals surface area contributed by atoms with E-state index in [1.54, 1.807) is 52.5 Å². The average Bonchev–Trinajstić information content (AvgIpc) is 3.16. The summed E-state index contributed by atoms with van der Waals surface area (Å²) in [6, 6.07) is 12.0. The lowest BCUT2D eigenvalue weighted by atomic mass is 9.96. The number of carbonyl (C=O) groups is 1. The smallest absolute Gasteiger partial charge is 0.338 e. The van der Waals surface area contributed by atoms with Crippen LogP contribution in [0.2, 0.25) is 0 Å². The van der Waals surface area contributed by atoms with Gasteiger partial charge < -0.3 is 18.9 Å². The topological polar surface area (TPSA) is 88.4 Å². The highest BCUT2D eigenvalue weighted by Crippen LogP contribution is 2.32. The third-order valence-electron chi connectivity index (χ3n) is 5.58. The van der Waals surface area contributed by atoms with Gasteiger partial charge in [0.25, 0.3) is 5.56 Å². The van der Waals surface area contributed by atoms with Crippen molar-refractivity contribution in [1.82, 2.24) is 4.57 Å². The molecule has 0 unspecified atom stereocenters. The van der Waals surface area contributed by atoms with Gasteiger partial charge >= 0.3 is 5.97 Å². The summed E-state index contributed by atoms with van der Waals surface area (Å²) in [5.74, 6) is 1.21. The summed E-state index contributed by atoms with van der Waals surface area (Å²) in [5.41, 5.74) is 1.97. The number of thiazole rings is 1. The van der Waals surface area contributed by atoms with Crippen molar-refractivity contribution in [2.45, 2.75) is 13.0 Å². The van der Waals surface area contributed by atoms with Crippen LogP contribution in [-0.2, 0) is 9.53 Å². The van der Waals surface area contributed by atoms with Crippen LogP contribution in [0.15, 0.2) is 63.5 Å². The Bertz CT molecular complexity index is 1450. The van der Waals surface area contributed by atoms with Gasteiger partial charge in [-0.3, -0.25) is 9.36 Å². The Labute approximate surface area is 200 Å². The first-order chi connectivity index (χ1) is 16.4. The molecule has 0 radical (unpaired) electrons. The zero-order valence-electron chi connectivity index (χ0n) is 19.4. The number of fused-ring (bicyclic) bond motifs is 1. The molecule has 2 aromatic carbocycles. The molecule has 0 saturated heterocycles. The first kappa shape index (κ1) is 23.3. The molecule has 1 atom stereocenters. The normalized spacial score (nSPS) is 15.4. The van der Waals surface area contributed by atoms with Crippen LogP contribution in [0.1, 0.15) is 24.1 Å². The molecule has 0 amide bonds. The largest absolute Gasteiger partial charge is 0.497 e. The Morgan fingerprint density at radius 3 is 2.38 bits per heavy atom. The van der Waals surface area contributed by atoms with Crippen LogP contribution >= 0.6 is 11.3 Å². The van der Waals surface area contributed by atoms with Crippen molar-refractivity contribution in [2.24, 2.45) is 4.99 Å². The van der Waals surface area contributed by atoms with E-state index in [0.29, 0.717) is 43.4 Å². The first-order valence-electron chi connectivity index (χ1n) is 10.4. The van der Waals surface area contributed by atoms with Gasteiger partial charge in [-0.1, -0.05) is 35.6 Å². The van der Waals surface area contributed by atoms with E-state index in [-0.39, 0.29) is 5.56 Å². The van der Waals surface area contributed by atoms with E-state index in [9.17, 15) is 9.59 Å². The highest BCUT2D eigenvalue weighted by atomic mass is 32.1. The second-order valence-electron chi connectivity index (χ2n) is 7.43. The molecular formula is C25H24N2O6S. The molecule has 8 nitrogen and oxygen atoms in total. The number of esters is 1. The SMILES string of the molecule is COC(=O)C1=C(C)N=c2s/c(=C/c3cccc(OC)c3OC)c(=O)n2[C@H]1c1ccc(OC)cc1. The number of benzene rings is 2. The molecule has 0 saturated carbocycles. The molecule has 34 heavy (non-hydrogen) atoms. The van der Waals surface area contributed by atoms with Crippen molar-refractivity contribution in [1.29, 1.82) is 0 Å². The highest BCUT2D eigenvalue weighted by molar-refractivity contribution is 7.07. The maximum atomic E-state index is 13.7. The molecule has 0 aliphatic carbocycles. The van der Waals surface area contributed by atoms with Crippen LogP contribution in [-0.4, -0.2) is 39.0 Å². The first-order valence-corrected chi connectivity index (χ1v) is 11.2. The van der Waals surface area contributed by atoms with Crippen molar-refractivity contribution in [3.05, 3.63) is 84.5 Å². The Hall–Kier alpha value is -3.85. The minimum absolute atomic E-state index is 0.275. The van der Waals surface area contributed by atoms with Crippen LogP contribution in [0, 0.1) is 0 Å². The number of para-hydroxylation sites is 1. The molecule has 3 aromatic rings. The zero-order valence-corrected chi connectivity index (χ0v) is 20.3. The van der Waals surface area contributed by atoms with Gasteiger partial charge in [0, 0.05) is 5.56 Å². The van der Waals surface area contributed by atoms with Crippen LogP contribution < -0.4 is 29.1 Å². The van der Waals surface area contributed by atoms with Crippen molar-refractivity contribution in [3.63, 3.8) is 0 Å². The highest BCUT2D eigenvalue weighted by Gasteiger charge is 2.33.